The number of fused-ring (bicyclic) bond motifs is 18. The summed E-state index contributed by atoms with van der Waals surface area (Å²) in [7, 11) is 0. The first kappa shape index (κ1) is 36.6. The van der Waals surface area contributed by atoms with Gasteiger partial charge in [-0.25, -0.2) is 0 Å². The molecule has 13 aromatic rings. The zero-order valence-corrected chi connectivity index (χ0v) is 37.7. The highest BCUT2D eigenvalue weighted by atomic mass is 16.3. The Kier molecular flexibility index (Phi) is 6.97. The summed E-state index contributed by atoms with van der Waals surface area (Å²) in [6.45, 7) is 13.6. The molecule has 0 atom stereocenters. The first-order valence-electron chi connectivity index (χ1n) is 23.3. The van der Waals surface area contributed by atoms with Crippen LogP contribution in [0.1, 0.15) is 33.4 Å². The van der Waals surface area contributed by atoms with Crippen molar-refractivity contribution >= 4 is 134 Å². The van der Waals surface area contributed by atoms with E-state index in [9.17, 15) is 0 Å². The predicted octanol–water partition coefficient (Wildman–Crippen LogP) is 11.2. The molecule has 0 fully saturated rings. The lowest BCUT2D eigenvalue weighted by Gasteiger charge is -2.34. The zero-order valence-electron chi connectivity index (χ0n) is 37.7. The van der Waals surface area contributed by atoms with Crippen molar-refractivity contribution in [2.75, 3.05) is 0 Å². The Balaban J connectivity index is 1.18. The first-order valence-corrected chi connectivity index (χ1v) is 23.3. The summed E-state index contributed by atoms with van der Waals surface area (Å²) in [5.41, 5.74) is 26.8. The molecule has 0 bridgehead atoms. The minimum atomic E-state index is -0.0545. The van der Waals surface area contributed by atoms with Gasteiger partial charge in [0.1, 0.15) is 22.3 Å². The Morgan fingerprint density at radius 2 is 0.727 bits per heavy atom. The van der Waals surface area contributed by atoms with Gasteiger partial charge in [0.2, 0.25) is 13.4 Å². The van der Waals surface area contributed by atoms with Gasteiger partial charge in [-0.05, 0) is 99.8 Å². The lowest BCUT2D eigenvalue weighted by Crippen LogP contribution is -2.61. The van der Waals surface area contributed by atoms with Crippen molar-refractivity contribution in [3.8, 4) is 11.4 Å². The number of para-hydroxylation sites is 4. The summed E-state index contributed by atoms with van der Waals surface area (Å²) in [4.78, 5) is 0. The Bertz CT molecular complexity index is 4060. The van der Waals surface area contributed by atoms with Crippen LogP contribution in [-0.4, -0.2) is 22.6 Å². The number of aromatic nitrogens is 2. The molecule has 0 N–H and O–H groups in total. The molecule has 0 radical (unpaired) electrons. The van der Waals surface area contributed by atoms with E-state index in [4.69, 9.17) is 8.83 Å². The molecule has 66 heavy (non-hydrogen) atoms. The molecule has 0 spiro atoms. The van der Waals surface area contributed by atoms with Crippen LogP contribution in [0.3, 0.4) is 0 Å². The van der Waals surface area contributed by atoms with Crippen molar-refractivity contribution in [2.45, 2.75) is 41.5 Å². The highest BCUT2D eigenvalue weighted by molar-refractivity contribution is 7.00. The van der Waals surface area contributed by atoms with Crippen molar-refractivity contribution in [3.63, 3.8) is 0 Å². The van der Waals surface area contributed by atoms with Crippen LogP contribution < -0.4 is 32.8 Å². The van der Waals surface area contributed by atoms with Crippen LogP contribution >= 0.6 is 0 Å². The van der Waals surface area contributed by atoms with E-state index in [2.05, 4.69) is 196 Å². The van der Waals surface area contributed by atoms with E-state index in [-0.39, 0.29) is 13.4 Å². The van der Waals surface area contributed by atoms with E-state index in [0.29, 0.717) is 0 Å². The first-order chi connectivity index (χ1) is 32.2. The van der Waals surface area contributed by atoms with E-state index in [1.54, 1.807) is 0 Å². The fourth-order valence-electron chi connectivity index (χ4n) is 13.4. The second-order valence-electron chi connectivity index (χ2n) is 19.5. The normalized spacial score (nSPS) is 13.2. The third-order valence-corrected chi connectivity index (χ3v) is 15.6. The molecule has 310 valence electrons. The molecular weight excluding hydrogens is 802 g/mol. The van der Waals surface area contributed by atoms with Crippen molar-refractivity contribution < 1.29 is 8.83 Å². The predicted molar refractivity (Wildman–Crippen MR) is 280 cm³/mol. The highest BCUT2D eigenvalue weighted by Gasteiger charge is 2.42. The van der Waals surface area contributed by atoms with Crippen LogP contribution in [0, 0.1) is 41.5 Å². The molecule has 0 aliphatic carbocycles. The molecule has 0 saturated heterocycles. The largest absolute Gasteiger partial charge is 0.455 e. The molecular formula is C60H42B2N2O2. The Hall–Kier alpha value is -7.69. The standard InChI is InChI=1S/C60H42B2N2O2/c1-31-23-33(3)55(34(4)24-31)61-43-29-50-44(30-49(43)63-47-19-11-7-17-39(47)53-57(63)45(61)27-41-37-15-9-13-21-51(37)65-59(41)53)62(56-35(5)25-32(2)26-36(56)6)46-28-42-38-16-10-14-22-52(38)66-60(42)54-40-18-8-12-20-48(40)64(50)58(46)54/h7-30H,1-6H3. The second kappa shape index (κ2) is 12.6. The van der Waals surface area contributed by atoms with Crippen LogP contribution in [-0.2, 0) is 0 Å². The van der Waals surface area contributed by atoms with Crippen molar-refractivity contribution in [1.29, 1.82) is 0 Å². The Morgan fingerprint density at radius 3 is 1.14 bits per heavy atom. The molecule has 2 aliphatic rings. The lowest BCUT2D eigenvalue weighted by atomic mass is 9.32. The minimum Gasteiger partial charge on any atom is -0.455 e. The van der Waals surface area contributed by atoms with Gasteiger partial charge < -0.3 is 18.0 Å². The third kappa shape index (κ3) is 4.47. The monoisotopic (exact) mass is 844 g/mol. The van der Waals surface area contributed by atoms with E-state index in [1.807, 2.05) is 0 Å². The van der Waals surface area contributed by atoms with Crippen LogP contribution in [0.25, 0.3) is 98.9 Å². The van der Waals surface area contributed by atoms with Gasteiger partial charge in [0.25, 0.3) is 0 Å². The van der Waals surface area contributed by atoms with Gasteiger partial charge >= 0.3 is 0 Å². The Labute approximate surface area is 381 Å². The third-order valence-electron chi connectivity index (χ3n) is 15.6. The van der Waals surface area contributed by atoms with Crippen LogP contribution in [0.15, 0.2) is 154 Å². The molecule has 6 heteroatoms. The summed E-state index contributed by atoms with van der Waals surface area (Å²) in [6, 6.07) is 54.7. The summed E-state index contributed by atoms with van der Waals surface area (Å²) < 4.78 is 19.1. The van der Waals surface area contributed by atoms with Gasteiger partial charge in [-0.15, -0.1) is 0 Å². The molecule has 6 heterocycles. The summed E-state index contributed by atoms with van der Waals surface area (Å²) in [6.07, 6.45) is 0. The second-order valence-corrected chi connectivity index (χ2v) is 19.5. The number of rotatable bonds is 2. The number of benzene rings is 9. The molecule has 15 rings (SSSR count). The van der Waals surface area contributed by atoms with Crippen molar-refractivity contribution in [2.24, 2.45) is 0 Å². The number of nitrogens with zero attached hydrogens (tertiary/aromatic N) is 2. The smallest absolute Gasteiger partial charge is 0.247 e. The summed E-state index contributed by atoms with van der Waals surface area (Å²) >= 11 is 0. The van der Waals surface area contributed by atoms with E-state index >= 15 is 0 Å². The van der Waals surface area contributed by atoms with Gasteiger partial charge in [-0.1, -0.05) is 154 Å². The van der Waals surface area contributed by atoms with Crippen LogP contribution in [0.5, 0.6) is 0 Å². The number of hydrogen-bond acceptors (Lipinski definition) is 2. The molecule has 9 aromatic carbocycles. The molecule has 0 saturated carbocycles. The molecule has 0 amide bonds. The maximum absolute atomic E-state index is 6.94. The fourth-order valence-corrected chi connectivity index (χ4v) is 13.4. The minimum absolute atomic E-state index is 0.0545. The zero-order chi connectivity index (χ0) is 44.0. The molecule has 4 nitrogen and oxygen atoms in total. The Morgan fingerprint density at radius 1 is 0.364 bits per heavy atom. The summed E-state index contributed by atoms with van der Waals surface area (Å²) in [5, 5.41) is 9.41. The fraction of sp³-hybridized carbons (Fsp3) is 0.100. The van der Waals surface area contributed by atoms with E-state index in [0.717, 1.165) is 43.9 Å². The number of furan rings is 2. The maximum Gasteiger partial charge on any atom is 0.247 e. The van der Waals surface area contributed by atoms with Crippen LogP contribution in [0.2, 0.25) is 0 Å². The van der Waals surface area contributed by atoms with Gasteiger partial charge in [0.15, 0.2) is 0 Å². The van der Waals surface area contributed by atoms with Crippen LogP contribution in [0.4, 0.5) is 0 Å². The van der Waals surface area contributed by atoms with Crippen molar-refractivity contribution in [1.82, 2.24) is 9.13 Å². The SMILES string of the molecule is Cc1cc(C)c(B2c3cc4c(cc3-n3c5ccccc5c5c6oc7ccccc7c6cc2c53)B(c2c(C)cc(C)cc2C)c2cc3c5ccccc5oc3c3c5ccccc5n-4c23)c(C)c1. The molecule has 2 aliphatic heterocycles. The van der Waals surface area contributed by atoms with Gasteiger partial charge in [0.05, 0.1) is 32.8 Å². The molecule has 4 aromatic heterocycles. The maximum atomic E-state index is 6.94. The highest BCUT2D eigenvalue weighted by Crippen LogP contribution is 2.44. The van der Waals surface area contributed by atoms with Gasteiger partial charge in [0, 0.05) is 43.7 Å². The number of hydrogen-bond donors (Lipinski definition) is 0. The van der Waals surface area contributed by atoms with Gasteiger partial charge in [-0.2, -0.15) is 0 Å². The van der Waals surface area contributed by atoms with Crippen molar-refractivity contribution in [3.05, 3.63) is 179 Å². The topological polar surface area (TPSA) is 36.1 Å². The summed E-state index contributed by atoms with van der Waals surface area (Å²) in [5.74, 6) is 0. The number of aryl methyl sites for hydroxylation is 6. The van der Waals surface area contributed by atoms with E-state index in [1.165, 1.54) is 121 Å². The average molecular weight is 845 g/mol. The quantitative estimate of drug-likeness (QED) is 0.163. The van der Waals surface area contributed by atoms with Gasteiger partial charge in [-0.3, -0.25) is 0 Å². The molecule has 0 unspecified atom stereocenters. The van der Waals surface area contributed by atoms with E-state index < -0.39 is 0 Å². The average Bonchev–Trinajstić information content (AvgIpc) is 4.06. The lowest BCUT2D eigenvalue weighted by molar-refractivity contribution is 0.672.